The fourth-order valence-corrected chi connectivity index (χ4v) is 2.27. The van der Waals surface area contributed by atoms with Crippen LogP contribution in [0.3, 0.4) is 0 Å². The molecule has 0 bridgehead atoms. The Hall–Kier alpha value is -1.02. The van der Waals surface area contributed by atoms with E-state index in [1.165, 1.54) is 0 Å². The number of alkyl halides is 1. The molecule has 0 aliphatic heterocycles. The van der Waals surface area contributed by atoms with Gasteiger partial charge in [0.15, 0.2) is 12.1 Å². The molecular formula is C13H17IN4O. The van der Waals surface area contributed by atoms with E-state index in [0.717, 1.165) is 15.8 Å². The van der Waals surface area contributed by atoms with Gasteiger partial charge < -0.3 is 4.74 Å². The molecule has 0 amide bonds. The lowest BCUT2D eigenvalue weighted by Gasteiger charge is -2.26. The third-order valence-electron chi connectivity index (χ3n) is 2.42. The van der Waals surface area contributed by atoms with Gasteiger partial charge in [-0.1, -0.05) is 52.9 Å². The standard InChI is InChI=1S/C13H17IN4O/c1-13(2,3)19-11(9-14)18-12(15-16-17-18)10-7-5-4-6-8-10/h4-8,11H,9H2,1-3H3. The van der Waals surface area contributed by atoms with Crippen molar-refractivity contribution < 1.29 is 4.74 Å². The van der Waals surface area contributed by atoms with Gasteiger partial charge in [0, 0.05) is 9.99 Å². The van der Waals surface area contributed by atoms with E-state index in [9.17, 15) is 0 Å². The molecule has 0 fully saturated rings. The zero-order chi connectivity index (χ0) is 13.9. The van der Waals surface area contributed by atoms with Crippen molar-refractivity contribution in [3.05, 3.63) is 30.3 Å². The van der Waals surface area contributed by atoms with Crippen molar-refractivity contribution in [2.75, 3.05) is 4.43 Å². The quantitative estimate of drug-likeness (QED) is 0.612. The first kappa shape index (κ1) is 14.4. The maximum absolute atomic E-state index is 6.01. The molecule has 0 saturated heterocycles. The topological polar surface area (TPSA) is 52.8 Å². The zero-order valence-electron chi connectivity index (χ0n) is 11.2. The van der Waals surface area contributed by atoms with Crippen LogP contribution in [0.15, 0.2) is 30.3 Å². The van der Waals surface area contributed by atoms with E-state index in [-0.39, 0.29) is 11.8 Å². The number of aromatic nitrogens is 4. The van der Waals surface area contributed by atoms with Crippen molar-refractivity contribution in [3.8, 4) is 11.4 Å². The van der Waals surface area contributed by atoms with Crippen LogP contribution in [0, 0.1) is 0 Å². The SMILES string of the molecule is CC(C)(C)OC(CI)n1nnnc1-c1ccccc1. The summed E-state index contributed by atoms with van der Waals surface area (Å²) in [6.45, 7) is 6.08. The Bertz CT molecular complexity index is 521. The summed E-state index contributed by atoms with van der Waals surface area (Å²) in [6.07, 6.45) is -0.175. The number of benzene rings is 1. The van der Waals surface area contributed by atoms with Crippen LogP contribution in [0.4, 0.5) is 0 Å². The molecule has 1 unspecified atom stereocenters. The van der Waals surface area contributed by atoms with Gasteiger partial charge >= 0.3 is 0 Å². The molecule has 0 N–H and O–H groups in total. The summed E-state index contributed by atoms with van der Waals surface area (Å²) in [5, 5.41) is 12.0. The fourth-order valence-electron chi connectivity index (χ4n) is 1.72. The molecule has 5 nitrogen and oxygen atoms in total. The Balaban J connectivity index is 2.33. The van der Waals surface area contributed by atoms with Crippen LogP contribution in [-0.4, -0.2) is 30.2 Å². The van der Waals surface area contributed by atoms with Gasteiger partial charge in [0.05, 0.1) is 5.60 Å². The monoisotopic (exact) mass is 372 g/mol. The van der Waals surface area contributed by atoms with Crippen LogP contribution in [0.5, 0.6) is 0 Å². The average Bonchev–Trinajstić information content (AvgIpc) is 2.85. The largest absolute Gasteiger partial charge is 0.350 e. The first-order valence-corrected chi connectivity index (χ1v) is 7.61. The summed E-state index contributed by atoms with van der Waals surface area (Å²) in [5.74, 6) is 0.728. The van der Waals surface area contributed by atoms with Crippen LogP contribution in [0.2, 0.25) is 0 Å². The van der Waals surface area contributed by atoms with Crippen LogP contribution in [-0.2, 0) is 4.74 Å². The molecule has 1 heterocycles. The summed E-state index contributed by atoms with van der Waals surface area (Å²) in [4.78, 5) is 0. The van der Waals surface area contributed by atoms with Crippen molar-refractivity contribution in [1.29, 1.82) is 0 Å². The third-order valence-corrected chi connectivity index (χ3v) is 3.17. The van der Waals surface area contributed by atoms with E-state index in [1.807, 2.05) is 51.1 Å². The molecule has 0 spiro atoms. The van der Waals surface area contributed by atoms with E-state index < -0.39 is 0 Å². The van der Waals surface area contributed by atoms with Gasteiger partial charge in [-0.3, -0.25) is 0 Å². The molecule has 0 aliphatic carbocycles. The summed E-state index contributed by atoms with van der Waals surface area (Å²) < 4.78 is 8.53. The van der Waals surface area contributed by atoms with Crippen LogP contribution in [0.1, 0.15) is 27.0 Å². The molecule has 0 saturated carbocycles. The maximum atomic E-state index is 6.01. The highest BCUT2D eigenvalue weighted by molar-refractivity contribution is 14.1. The second kappa shape index (κ2) is 5.96. The minimum Gasteiger partial charge on any atom is -0.350 e. The van der Waals surface area contributed by atoms with Gasteiger partial charge in [0.2, 0.25) is 0 Å². The second-order valence-electron chi connectivity index (χ2n) is 5.15. The molecular weight excluding hydrogens is 355 g/mol. The number of halogens is 1. The maximum Gasteiger partial charge on any atom is 0.184 e. The molecule has 1 aromatic heterocycles. The molecule has 6 heteroatoms. The molecule has 2 aromatic rings. The fraction of sp³-hybridized carbons (Fsp3) is 0.462. The van der Waals surface area contributed by atoms with Gasteiger partial charge in [0.1, 0.15) is 0 Å². The zero-order valence-corrected chi connectivity index (χ0v) is 13.4. The van der Waals surface area contributed by atoms with Gasteiger partial charge in [0.25, 0.3) is 0 Å². The van der Waals surface area contributed by atoms with E-state index >= 15 is 0 Å². The number of tetrazole rings is 1. The van der Waals surface area contributed by atoms with Gasteiger partial charge in [-0.25, -0.2) is 0 Å². The lowest BCUT2D eigenvalue weighted by molar-refractivity contribution is -0.0876. The van der Waals surface area contributed by atoms with Crippen LogP contribution in [0.25, 0.3) is 11.4 Å². The minimum absolute atomic E-state index is 0.175. The molecule has 102 valence electrons. The summed E-state index contributed by atoms with van der Waals surface area (Å²) in [7, 11) is 0. The van der Waals surface area contributed by atoms with Gasteiger partial charge in [-0.2, -0.15) is 4.68 Å². The van der Waals surface area contributed by atoms with Crippen molar-refractivity contribution in [2.45, 2.75) is 32.6 Å². The van der Waals surface area contributed by atoms with Crippen molar-refractivity contribution >= 4 is 22.6 Å². The molecule has 0 radical (unpaired) electrons. The van der Waals surface area contributed by atoms with Gasteiger partial charge in [-0.15, -0.1) is 5.10 Å². The Morgan fingerprint density at radius 3 is 2.53 bits per heavy atom. The smallest absolute Gasteiger partial charge is 0.184 e. The predicted molar refractivity (Wildman–Crippen MR) is 82.0 cm³/mol. The molecule has 19 heavy (non-hydrogen) atoms. The highest BCUT2D eigenvalue weighted by Gasteiger charge is 2.23. The molecule has 1 aromatic carbocycles. The highest BCUT2D eigenvalue weighted by atomic mass is 127. The average molecular weight is 372 g/mol. The normalized spacial score (nSPS) is 13.5. The summed E-state index contributed by atoms with van der Waals surface area (Å²) in [6, 6.07) is 9.89. The number of hydrogen-bond donors (Lipinski definition) is 0. The summed E-state index contributed by atoms with van der Waals surface area (Å²) >= 11 is 2.29. The van der Waals surface area contributed by atoms with E-state index in [0.29, 0.717) is 0 Å². The van der Waals surface area contributed by atoms with Crippen LogP contribution >= 0.6 is 22.6 Å². The van der Waals surface area contributed by atoms with E-state index in [4.69, 9.17) is 4.74 Å². The van der Waals surface area contributed by atoms with Crippen molar-refractivity contribution in [1.82, 2.24) is 20.2 Å². The molecule has 1 atom stereocenters. The van der Waals surface area contributed by atoms with Gasteiger partial charge in [-0.05, 0) is 31.2 Å². The first-order chi connectivity index (χ1) is 9.01. The third kappa shape index (κ3) is 3.73. The predicted octanol–water partition coefficient (Wildman–Crippen LogP) is 3.09. The summed E-state index contributed by atoms with van der Waals surface area (Å²) in [5.41, 5.74) is 0.746. The minimum atomic E-state index is -0.240. The number of rotatable bonds is 4. The molecule has 2 rings (SSSR count). The number of ether oxygens (including phenoxy) is 1. The number of nitrogens with zero attached hydrogens (tertiary/aromatic N) is 4. The van der Waals surface area contributed by atoms with E-state index in [1.54, 1.807) is 4.68 Å². The Morgan fingerprint density at radius 1 is 1.26 bits per heavy atom. The van der Waals surface area contributed by atoms with Crippen molar-refractivity contribution in [2.24, 2.45) is 0 Å². The first-order valence-electron chi connectivity index (χ1n) is 6.08. The highest BCUT2D eigenvalue weighted by Crippen LogP contribution is 2.24. The Kier molecular flexibility index (Phi) is 4.51. The lowest BCUT2D eigenvalue weighted by atomic mass is 10.2. The number of hydrogen-bond acceptors (Lipinski definition) is 4. The van der Waals surface area contributed by atoms with Crippen LogP contribution < -0.4 is 0 Å². The second-order valence-corrected chi connectivity index (χ2v) is 6.03. The van der Waals surface area contributed by atoms with E-state index in [2.05, 4.69) is 38.1 Å². The van der Waals surface area contributed by atoms with Crippen molar-refractivity contribution in [3.63, 3.8) is 0 Å². The lowest BCUT2D eigenvalue weighted by Crippen LogP contribution is -2.28. The molecule has 0 aliphatic rings. The Labute approximate surface area is 126 Å². The Morgan fingerprint density at radius 2 is 1.95 bits per heavy atom.